The minimum absolute atomic E-state index is 0.311. The number of rotatable bonds is 11. The maximum atomic E-state index is 11.9. The monoisotopic (exact) mass is 346 g/mol. The quantitative estimate of drug-likeness (QED) is 0.603. The van der Waals surface area contributed by atoms with Crippen molar-refractivity contribution >= 4 is 10.9 Å². The number of nitrogens with zero attached hydrogens (tertiary/aromatic N) is 1. The van der Waals surface area contributed by atoms with Crippen molar-refractivity contribution in [2.75, 3.05) is 14.2 Å². The van der Waals surface area contributed by atoms with E-state index in [0.29, 0.717) is 17.0 Å². The Bertz CT molecular complexity index is 725. The number of aromatic nitrogens is 2. The van der Waals surface area contributed by atoms with Crippen LogP contribution in [0.4, 0.5) is 0 Å². The van der Waals surface area contributed by atoms with Crippen LogP contribution >= 0.6 is 0 Å². The average molecular weight is 346 g/mol. The number of nitrogens with one attached hydrogen (secondary N) is 1. The molecule has 0 saturated heterocycles. The molecule has 5 nitrogen and oxygen atoms in total. The van der Waals surface area contributed by atoms with E-state index in [1.165, 1.54) is 44.9 Å². The van der Waals surface area contributed by atoms with Crippen molar-refractivity contribution in [1.82, 2.24) is 9.97 Å². The maximum Gasteiger partial charge on any atom is 0.345 e. The first kappa shape index (κ1) is 19.3. The van der Waals surface area contributed by atoms with E-state index in [1.807, 2.05) is 6.07 Å². The molecule has 0 aliphatic rings. The summed E-state index contributed by atoms with van der Waals surface area (Å²) < 4.78 is 10.7. The first-order valence-corrected chi connectivity index (χ1v) is 9.34. The molecular weight excluding hydrogens is 316 g/mol. The number of ether oxygens (including phenoxy) is 2. The van der Waals surface area contributed by atoms with Gasteiger partial charge in [0.1, 0.15) is 0 Å². The Hall–Kier alpha value is -2.04. The van der Waals surface area contributed by atoms with Gasteiger partial charge in [-0.2, -0.15) is 4.98 Å². The molecule has 0 fully saturated rings. The molecule has 1 aromatic heterocycles. The van der Waals surface area contributed by atoms with Gasteiger partial charge in [0.15, 0.2) is 11.5 Å². The molecule has 0 unspecified atom stereocenters. The SMILES string of the molecule is CCCCCCCCCCc1[nH]c(=O)nc2cc(OC)c(OC)cc12. The molecule has 5 heteroatoms. The van der Waals surface area contributed by atoms with Crippen LogP contribution in [-0.2, 0) is 6.42 Å². The van der Waals surface area contributed by atoms with E-state index in [1.54, 1.807) is 20.3 Å². The smallest absolute Gasteiger partial charge is 0.345 e. The molecule has 0 aliphatic carbocycles. The normalized spacial score (nSPS) is 11.0. The van der Waals surface area contributed by atoms with E-state index in [9.17, 15) is 4.79 Å². The first-order chi connectivity index (χ1) is 12.2. The number of hydrogen-bond donors (Lipinski definition) is 1. The molecule has 0 aliphatic heterocycles. The molecule has 138 valence electrons. The summed E-state index contributed by atoms with van der Waals surface area (Å²) in [4.78, 5) is 18.8. The maximum absolute atomic E-state index is 11.9. The van der Waals surface area contributed by atoms with E-state index < -0.39 is 0 Å². The molecule has 2 rings (SSSR count). The fourth-order valence-corrected chi connectivity index (χ4v) is 3.17. The van der Waals surface area contributed by atoms with Gasteiger partial charge in [-0.25, -0.2) is 4.79 Å². The van der Waals surface area contributed by atoms with Crippen LogP contribution in [0.1, 0.15) is 64.0 Å². The van der Waals surface area contributed by atoms with E-state index in [0.717, 1.165) is 23.9 Å². The molecule has 2 aromatic rings. The molecule has 1 aromatic carbocycles. The molecule has 0 bridgehead atoms. The van der Waals surface area contributed by atoms with Crippen molar-refractivity contribution in [2.45, 2.75) is 64.7 Å². The molecule has 25 heavy (non-hydrogen) atoms. The predicted molar refractivity (Wildman–Crippen MR) is 102 cm³/mol. The van der Waals surface area contributed by atoms with Crippen LogP contribution in [0.25, 0.3) is 10.9 Å². The van der Waals surface area contributed by atoms with E-state index >= 15 is 0 Å². The van der Waals surface area contributed by atoms with E-state index in [4.69, 9.17) is 9.47 Å². The Labute approximate surface area is 149 Å². The minimum Gasteiger partial charge on any atom is -0.493 e. The number of aryl methyl sites for hydroxylation is 1. The molecule has 0 spiro atoms. The highest BCUT2D eigenvalue weighted by atomic mass is 16.5. The van der Waals surface area contributed by atoms with Gasteiger partial charge in [0, 0.05) is 17.1 Å². The largest absolute Gasteiger partial charge is 0.493 e. The fraction of sp³-hybridized carbons (Fsp3) is 0.600. The Morgan fingerprint density at radius 1 is 0.920 bits per heavy atom. The summed E-state index contributed by atoms with van der Waals surface area (Å²) in [5, 5.41) is 0.931. The van der Waals surface area contributed by atoms with Gasteiger partial charge < -0.3 is 14.5 Å². The van der Waals surface area contributed by atoms with Crippen LogP contribution in [0.15, 0.2) is 16.9 Å². The van der Waals surface area contributed by atoms with Crippen molar-refractivity contribution in [3.63, 3.8) is 0 Å². The highest BCUT2D eigenvalue weighted by Gasteiger charge is 2.11. The Kier molecular flexibility index (Phi) is 7.76. The van der Waals surface area contributed by atoms with Gasteiger partial charge in [-0.1, -0.05) is 51.9 Å². The molecule has 0 radical (unpaired) electrons. The molecule has 1 N–H and O–H groups in total. The summed E-state index contributed by atoms with van der Waals surface area (Å²) in [6.07, 6.45) is 11.0. The molecular formula is C20H30N2O3. The third-order valence-corrected chi connectivity index (χ3v) is 4.59. The summed E-state index contributed by atoms with van der Waals surface area (Å²) in [6, 6.07) is 3.66. The van der Waals surface area contributed by atoms with E-state index in [-0.39, 0.29) is 5.69 Å². The number of unbranched alkanes of at least 4 members (excludes halogenated alkanes) is 7. The zero-order chi connectivity index (χ0) is 18.1. The number of hydrogen-bond acceptors (Lipinski definition) is 4. The second kappa shape index (κ2) is 10.1. The highest BCUT2D eigenvalue weighted by molar-refractivity contribution is 5.84. The summed E-state index contributed by atoms with van der Waals surface area (Å²) in [5.74, 6) is 1.24. The summed E-state index contributed by atoms with van der Waals surface area (Å²) in [6.45, 7) is 2.24. The number of aromatic amines is 1. The second-order valence-electron chi connectivity index (χ2n) is 6.47. The van der Waals surface area contributed by atoms with Gasteiger partial charge in [0.2, 0.25) is 0 Å². The standard InChI is InChI=1S/C20H30N2O3/c1-4-5-6-7-8-9-10-11-12-16-15-13-18(24-2)19(25-3)14-17(15)22-20(23)21-16/h13-14H,4-12H2,1-3H3,(H,21,22,23). The topological polar surface area (TPSA) is 64.2 Å². The van der Waals surface area contributed by atoms with Crippen LogP contribution in [0.3, 0.4) is 0 Å². The van der Waals surface area contributed by atoms with Gasteiger partial charge >= 0.3 is 5.69 Å². The predicted octanol–water partition coefficient (Wildman–Crippen LogP) is 4.62. The van der Waals surface area contributed by atoms with Gasteiger partial charge in [-0.3, -0.25) is 0 Å². The Balaban J connectivity index is 2.01. The summed E-state index contributed by atoms with van der Waals surface area (Å²) in [7, 11) is 3.19. The third-order valence-electron chi connectivity index (χ3n) is 4.59. The zero-order valence-corrected chi connectivity index (χ0v) is 15.7. The van der Waals surface area contributed by atoms with Crippen molar-refractivity contribution in [1.29, 1.82) is 0 Å². The van der Waals surface area contributed by atoms with Gasteiger partial charge in [0.25, 0.3) is 0 Å². The van der Waals surface area contributed by atoms with Crippen molar-refractivity contribution in [3.05, 3.63) is 28.3 Å². The second-order valence-corrected chi connectivity index (χ2v) is 6.47. The Morgan fingerprint density at radius 2 is 1.52 bits per heavy atom. The van der Waals surface area contributed by atoms with Crippen LogP contribution in [-0.4, -0.2) is 24.2 Å². The van der Waals surface area contributed by atoms with Crippen LogP contribution in [0.5, 0.6) is 11.5 Å². The fourth-order valence-electron chi connectivity index (χ4n) is 3.17. The molecule has 0 atom stereocenters. The van der Waals surface area contributed by atoms with Gasteiger partial charge in [0.05, 0.1) is 19.7 Å². The van der Waals surface area contributed by atoms with Gasteiger partial charge in [-0.05, 0) is 18.9 Å². The zero-order valence-electron chi connectivity index (χ0n) is 15.7. The Morgan fingerprint density at radius 3 is 2.16 bits per heavy atom. The molecule has 1 heterocycles. The van der Waals surface area contributed by atoms with E-state index in [2.05, 4.69) is 16.9 Å². The average Bonchev–Trinajstić information content (AvgIpc) is 2.62. The third kappa shape index (κ3) is 5.48. The van der Waals surface area contributed by atoms with Gasteiger partial charge in [-0.15, -0.1) is 0 Å². The lowest BCUT2D eigenvalue weighted by Crippen LogP contribution is -2.13. The number of fused-ring (bicyclic) bond motifs is 1. The lowest BCUT2D eigenvalue weighted by Gasteiger charge is -2.11. The summed E-state index contributed by atoms with van der Waals surface area (Å²) in [5.41, 5.74) is 1.27. The van der Waals surface area contributed by atoms with Crippen LogP contribution in [0.2, 0.25) is 0 Å². The number of benzene rings is 1. The molecule has 0 amide bonds. The lowest BCUT2D eigenvalue weighted by molar-refractivity contribution is 0.355. The highest BCUT2D eigenvalue weighted by Crippen LogP contribution is 2.32. The number of methoxy groups -OCH3 is 2. The van der Waals surface area contributed by atoms with Crippen molar-refractivity contribution in [2.24, 2.45) is 0 Å². The molecule has 0 saturated carbocycles. The van der Waals surface area contributed by atoms with Crippen molar-refractivity contribution < 1.29 is 9.47 Å². The van der Waals surface area contributed by atoms with Crippen LogP contribution in [0, 0.1) is 0 Å². The first-order valence-electron chi connectivity index (χ1n) is 9.34. The minimum atomic E-state index is -0.311. The summed E-state index contributed by atoms with van der Waals surface area (Å²) >= 11 is 0. The van der Waals surface area contributed by atoms with Crippen LogP contribution < -0.4 is 15.2 Å². The number of H-pyrrole nitrogens is 1. The lowest BCUT2D eigenvalue weighted by atomic mass is 10.0. The van der Waals surface area contributed by atoms with Crippen molar-refractivity contribution in [3.8, 4) is 11.5 Å².